The van der Waals surface area contributed by atoms with Crippen molar-refractivity contribution in [2.24, 2.45) is 11.7 Å². The Kier molecular flexibility index (Phi) is 6.88. The van der Waals surface area contributed by atoms with Crippen LogP contribution in [0, 0.1) is 5.92 Å². The first-order valence-electron chi connectivity index (χ1n) is 7.25. The van der Waals surface area contributed by atoms with Gasteiger partial charge < -0.3 is 16.2 Å². The molecule has 0 aliphatic carbocycles. The first kappa shape index (κ1) is 17.2. The number of carbonyl (C=O) groups is 2. The van der Waals surface area contributed by atoms with Crippen LogP contribution in [0.3, 0.4) is 0 Å². The van der Waals surface area contributed by atoms with E-state index in [-0.39, 0.29) is 23.4 Å². The monoisotopic (exact) mass is 292 g/mol. The minimum absolute atomic E-state index is 0.0135. The summed E-state index contributed by atoms with van der Waals surface area (Å²) in [5.41, 5.74) is 6.69. The number of hydrogen-bond donors (Lipinski definition) is 3. The second kappa shape index (κ2) is 8.42. The number of hydrogen-bond acceptors (Lipinski definition) is 3. The van der Waals surface area contributed by atoms with Crippen LogP contribution in [0.25, 0.3) is 0 Å². The lowest BCUT2D eigenvalue weighted by atomic mass is 10.0. The molecule has 1 aromatic rings. The van der Waals surface area contributed by atoms with Crippen molar-refractivity contribution in [2.45, 2.75) is 45.7 Å². The summed E-state index contributed by atoms with van der Waals surface area (Å²) < 4.78 is 0. The predicted molar refractivity (Wildman–Crippen MR) is 81.9 cm³/mol. The van der Waals surface area contributed by atoms with Gasteiger partial charge >= 0.3 is 5.97 Å². The van der Waals surface area contributed by atoms with Crippen molar-refractivity contribution >= 4 is 11.9 Å². The fourth-order valence-corrected chi connectivity index (χ4v) is 2.05. The number of carboxylic acids is 1. The van der Waals surface area contributed by atoms with Crippen LogP contribution in [-0.4, -0.2) is 23.0 Å². The highest BCUT2D eigenvalue weighted by atomic mass is 16.4. The molecule has 2 atom stereocenters. The second-order valence-corrected chi connectivity index (χ2v) is 5.53. The second-order valence-electron chi connectivity index (χ2n) is 5.53. The van der Waals surface area contributed by atoms with Gasteiger partial charge in [0.2, 0.25) is 5.91 Å². The first-order chi connectivity index (χ1) is 9.90. The largest absolute Gasteiger partial charge is 0.478 e. The van der Waals surface area contributed by atoms with Gasteiger partial charge in [-0.05, 0) is 37.5 Å². The van der Waals surface area contributed by atoms with Gasteiger partial charge in [-0.15, -0.1) is 0 Å². The van der Waals surface area contributed by atoms with Crippen molar-refractivity contribution < 1.29 is 14.7 Å². The lowest BCUT2D eigenvalue weighted by molar-refractivity contribution is -0.124. The molecule has 1 amide bonds. The van der Waals surface area contributed by atoms with Crippen LogP contribution in [0.5, 0.6) is 0 Å². The van der Waals surface area contributed by atoms with Crippen LogP contribution in [0.1, 0.15) is 49.0 Å². The smallest absolute Gasteiger partial charge is 0.335 e. The fourth-order valence-electron chi connectivity index (χ4n) is 2.05. The lowest BCUT2D eigenvalue weighted by Crippen LogP contribution is -2.29. The number of nitrogens with one attached hydrogen (secondary N) is 1. The summed E-state index contributed by atoms with van der Waals surface area (Å²) in [4.78, 5) is 22.8. The topological polar surface area (TPSA) is 92.4 Å². The Hall–Kier alpha value is -1.88. The highest BCUT2D eigenvalue weighted by Crippen LogP contribution is 2.10. The standard InChI is InChI=1S/C16H24N2O3/c1-11(5-3-6-12(2)17)15(19)18-10-13-7-4-8-14(9-13)16(20)21/h4,7-9,11-12H,3,5-6,10,17H2,1-2H3,(H,18,19)(H,20,21). The normalized spacial score (nSPS) is 13.5. The Morgan fingerprint density at radius 2 is 2.00 bits per heavy atom. The quantitative estimate of drug-likeness (QED) is 0.684. The van der Waals surface area contributed by atoms with E-state index < -0.39 is 5.97 Å². The molecule has 0 fully saturated rings. The van der Waals surface area contributed by atoms with Gasteiger partial charge in [-0.2, -0.15) is 0 Å². The molecule has 0 bridgehead atoms. The van der Waals surface area contributed by atoms with Crippen LogP contribution in [0.15, 0.2) is 24.3 Å². The van der Waals surface area contributed by atoms with Crippen LogP contribution >= 0.6 is 0 Å². The SMILES string of the molecule is CC(N)CCCC(C)C(=O)NCc1cccc(C(=O)O)c1. The molecule has 2 unspecified atom stereocenters. The summed E-state index contributed by atoms with van der Waals surface area (Å²) in [5.74, 6) is -1.04. The van der Waals surface area contributed by atoms with E-state index in [9.17, 15) is 9.59 Å². The van der Waals surface area contributed by atoms with Gasteiger partial charge in [-0.3, -0.25) is 4.79 Å². The maximum absolute atomic E-state index is 12.0. The lowest BCUT2D eigenvalue weighted by Gasteiger charge is -2.13. The van der Waals surface area contributed by atoms with Crippen LogP contribution in [0.2, 0.25) is 0 Å². The number of amides is 1. The Labute approximate surface area is 125 Å². The Morgan fingerprint density at radius 1 is 1.29 bits per heavy atom. The Bertz CT molecular complexity index is 486. The summed E-state index contributed by atoms with van der Waals surface area (Å²) in [6, 6.07) is 6.75. The molecule has 0 radical (unpaired) electrons. The number of carboxylic acid groups (broad SMARTS) is 1. The molecule has 5 nitrogen and oxygen atoms in total. The molecule has 0 aromatic heterocycles. The Morgan fingerprint density at radius 3 is 2.62 bits per heavy atom. The fraction of sp³-hybridized carbons (Fsp3) is 0.500. The third-order valence-corrected chi connectivity index (χ3v) is 3.38. The van der Waals surface area contributed by atoms with Crippen molar-refractivity contribution in [1.29, 1.82) is 0 Å². The van der Waals surface area contributed by atoms with Gasteiger partial charge in [-0.1, -0.05) is 25.5 Å². The van der Waals surface area contributed by atoms with Gasteiger partial charge in [-0.25, -0.2) is 4.79 Å². The maximum Gasteiger partial charge on any atom is 0.335 e. The zero-order chi connectivity index (χ0) is 15.8. The van der Waals surface area contributed by atoms with Crippen LogP contribution < -0.4 is 11.1 Å². The zero-order valence-electron chi connectivity index (χ0n) is 12.6. The highest BCUT2D eigenvalue weighted by molar-refractivity contribution is 5.87. The summed E-state index contributed by atoms with van der Waals surface area (Å²) in [5, 5.41) is 11.8. The molecular weight excluding hydrogens is 268 g/mol. The van der Waals surface area contributed by atoms with E-state index in [2.05, 4.69) is 5.32 Å². The van der Waals surface area contributed by atoms with Gasteiger partial charge in [0.05, 0.1) is 5.56 Å². The van der Waals surface area contributed by atoms with Gasteiger partial charge in [0, 0.05) is 18.5 Å². The van der Waals surface area contributed by atoms with E-state index in [4.69, 9.17) is 10.8 Å². The van der Waals surface area contributed by atoms with E-state index in [1.807, 2.05) is 13.8 Å². The minimum Gasteiger partial charge on any atom is -0.478 e. The van der Waals surface area contributed by atoms with Gasteiger partial charge in [0.15, 0.2) is 0 Å². The predicted octanol–water partition coefficient (Wildman–Crippen LogP) is 2.15. The van der Waals surface area contributed by atoms with Crippen molar-refractivity contribution in [3.8, 4) is 0 Å². The molecule has 0 aliphatic heterocycles. The third kappa shape index (κ3) is 6.40. The molecule has 0 heterocycles. The van der Waals surface area contributed by atoms with Gasteiger partial charge in [0.1, 0.15) is 0 Å². The summed E-state index contributed by atoms with van der Waals surface area (Å²) in [6.45, 7) is 4.20. The molecule has 4 N–H and O–H groups in total. The number of aromatic carboxylic acids is 1. The molecule has 1 rings (SSSR count). The molecular formula is C16H24N2O3. The minimum atomic E-state index is -0.965. The third-order valence-electron chi connectivity index (χ3n) is 3.38. The van der Waals surface area contributed by atoms with Gasteiger partial charge in [0.25, 0.3) is 0 Å². The highest BCUT2D eigenvalue weighted by Gasteiger charge is 2.12. The van der Waals surface area contributed by atoms with E-state index in [1.54, 1.807) is 18.2 Å². The van der Waals surface area contributed by atoms with Crippen LogP contribution in [0.4, 0.5) is 0 Å². The molecule has 0 saturated heterocycles. The average Bonchev–Trinajstić information content (AvgIpc) is 2.44. The number of benzene rings is 1. The molecule has 5 heteroatoms. The first-order valence-corrected chi connectivity index (χ1v) is 7.25. The van der Waals surface area contributed by atoms with Crippen LogP contribution in [-0.2, 0) is 11.3 Å². The zero-order valence-corrected chi connectivity index (χ0v) is 12.6. The molecule has 116 valence electrons. The number of carbonyl (C=O) groups excluding carboxylic acids is 1. The number of nitrogens with two attached hydrogens (primary N) is 1. The molecule has 0 saturated carbocycles. The van der Waals surface area contributed by atoms with Crippen molar-refractivity contribution in [2.75, 3.05) is 0 Å². The van der Waals surface area contributed by atoms with Crippen molar-refractivity contribution in [1.82, 2.24) is 5.32 Å². The summed E-state index contributed by atoms with van der Waals surface area (Å²) in [6.07, 6.45) is 2.65. The Balaban J connectivity index is 2.41. The number of rotatable bonds is 8. The van der Waals surface area contributed by atoms with E-state index in [1.165, 1.54) is 6.07 Å². The molecule has 21 heavy (non-hydrogen) atoms. The summed E-state index contributed by atoms with van der Waals surface area (Å²) in [7, 11) is 0. The molecule has 0 spiro atoms. The average molecular weight is 292 g/mol. The van der Waals surface area contributed by atoms with E-state index in [0.717, 1.165) is 24.8 Å². The molecule has 1 aromatic carbocycles. The van der Waals surface area contributed by atoms with E-state index in [0.29, 0.717) is 6.54 Å². The van der Waals surface area contributed by atoms with Crippen molar-refractivity contribution in [3.05, 3.63) is 35.4 Å². The summed E-state index contributed by atoms with van der Waals surface area (Å²) >= 11 is 0. The molecule has 0 aliphatic rings. The van der Waals surface area contributed by atoms with E-state index >= 15 is 0 Å². The maximum atomic E-state index is 12.0. The van der Waals surface area contributed by atoms with Crippen molar-refractivity contribution in [3.63, 3.8) is 0 Å².